The lowest BCUT2D eigenvalue weighted by molar-refractivity contribution is 0.0706. The van der Waals surface area contributed by atoms with Gasteiger partial charge in [0.1, 0.15) is 5.52 Å². The van der Waals surface area contributed by atoms with Gasteiger partial charge in [-0.05, 0) is 30.3 Å². The van der Waals surface area contributed by atoms with Crippen LogP contribution in [-0.2, 0) is 0 Å². The number of carbonyl (C=O) groups is 1. The van der Waals surface area contributed by atoms with Crippen LogP contribution in [0.5, 0.6) is 0 Å². The number of benzene rings is 1. The van der Waals surface area contributed by atoms with Gasteiger partial charge in [-0.1, -0.05) is 13.8 Å². The Morgan fingerprint density at radius 1 is 1.30 bits per heavy atom. The standard InChI is InChI=1S/C16H15N3O3S/c1-9(2)23-14-6-4-11(8-17-14)16-18-12-7-10(15(20)19-21)3-5-13(12)22-16/h3-9,21H,1-2H3,(H,19,20). The Kier molecular flexibility index (Phi) is 4.31. The van der Waals surface area contributed by atoms with Gasteiger partial charge in [-0.15, -0.1) is 11.8 Å². The van der Waals surface area contributed by atoms with E-state index in [9.17, 15) is 4.79 Å². The second-order valence-corrected chi connectivity index (χ2v) is 6.79. The van der Waals surface area contributed by atoms with Gasteiger partial charge in [0.2, 0.25) is 5.89 Å². The van der Waals surface area contributed by atoms with Crippen LogP contribution in [-0.4, -0.2) is 26.3 Å². The zero-order valence-corrected chi connectivity index (χ0v) is 13.4. The van der Waals surface area contributed by atoms with Crippen LogP contribution in [0.2, 0.25) is 0 Å². The molecular weight excluding hydrogens is 314 g/mol. The molecule has 23 heavy (non-hydrogen) atoms. The van der Waals surface area contributed by atoms with Crippen LogP contribution < -0.4 is 5.48 Å². The number of fused-ring (bicyclic) bond motifs is 1. The first-order valence-corrected chi connectivity index (χ1v) is 7.93. The normalized spacial score (nSPS) is 11.1. The maximum Gasteiger partial charge on any atom is 0.274 e. The minimum Gasteiger partial charge on any atom is -0.436 e. The maximum atomic E-state index is 11.4. The fraction of sp³-hybridized carbons (Fsp3) is 0.188. The summed E-state index contributed by atoms with van der Waals surface area (Å²) in [7, 11) is 0. The summed E-state index contributed by atoms with van der Waals surface area (Å²) in [6.07, 6.45) is 1.72. The summed E-state index contributed by atoms with van der Waals surface area (Å²) < 4.78 is 5.69. The number of oxazole rings is 1. The van der Waals surface area contributed by atoms with E-state index in [0.717, 1.165) is 10.6 Å². The van der Waals surface area contributed by atoms with Crippen molar-refractivity contribution in [1.29, 1.82) is 0 Å². The van der Waals surface area contributed by atoms with Gasteiger partial charge in [0.05, 0.1) is 10.6 Å². The van der Waals surface area contributed by atoms with Crippen molar-refractivity contribution in [3.8, 4) is 11.5 Å². The van der Waals surface area contributed by atoms with E-state index >= 15 is 0 Å². The zero-order valence-electron chi connectivity index (χ0n) is 12.6. The van der Waals surface area contributed by atoms with Crippen LogP contribution in [0, 0.1) is 0 Å². The van der Waals surface area contributed by atoms with Gasteiger partial charge in [-0.2, -0.15) is 0 Å². The lowest BCUT2D eigenvalue weighted by Crippen LogP contribution is -2.18. The van der Waals surface area contributed by atoms with Gasteiger partial charge in [0, 0.05) is 17.0 Å². The highest BCUT2D eigenvalue weighted by atomic mass is 32.2. The molecule has 0 aliphatic rings. The minimum absolute atomic E-state index is 0.307. The largest absolute Gasteiger partial charge is 0.436 e. The molecular formula is C16H15N3O3S. The van der Waals surface area contributed by atoms with E-state index in [1.54, 1.807) is 41.6 Å². The highest BCUT2D eigenvalue weighted by Crippen LogP contribution is 2.27. The average molecular weight is 329 g/mol. The van der Waals surface area contributed by atoms with Crippen LogP contribution >= 0.6 is 11.8 Å². The van der Waals surface area contributed by atoms with Crippen molar-refractivity contribution in [3.63, 3.8) is 0 Å². The topological polar surface area (TPSA) is 88.2 Å². The van der Waals surface area contributed by atoms with Crippen LogP contribution in [0.1, 0.15) is 24.2 Å². The molecule has 3 rings (SSSR count). The third-order valence-corrected chi connectivity index (χ3v) is 4.05. The summed E-state index contributed by atoms with van der Waals surface area (Å²) in [5.41, 5.74) is 3.78. The molecule has 0 radical (unpaired) electrons. The Balaban J connectivity index is 1.92. The van der Waals surface area contributed by atoms with Crippen molar-refractivity contribution in [2.75, 3.05) is 0 Å². The van der Waals surface area contributed by atoms with E-state index in [2.05, 4.69) is 23.8 Å². The summed E-state index contributed by atoms with van der Waals surface area (Å²) in [5, 5.41) is 10.1. The van der Waals surface area contributed by atoms with E-state index in [-0.39, 0.29) is 0 Å². The second-order valence-electron chi connectivity index (χ2n) is 5.19. The van der Waals surface area contributed by atoms with Gasteiger partial charge in [-0.25, -0.2) is 15.4 Å². The Hall–Kier alpha value is -2.38. The number of hydrogen-bond acceptors (Lipinski definition) is 6. The Bertz CT molecular complexity index is 843. The molecule has 0 spiro atoms. The zero-order chi connectivity index (χ0) is 16.4. The molecule has 1 aromatic carbocycles. The molecule has 7 heteroatoms. The summed E-state index contributed by atoms with van der Waals surface area (Å²) in [6, 6.07) is 8.60. The van der Waals surface area contributed by atoms with Crippen molar-refractivity contribution >= 4 is 28.8 Å². The molecule has 2 heterocycles. The third kappa shape index (κ3) is 3.35. The van der Waals surface area contributed by atoms with Gasteiger partial charge in [-0.3, -0.25) is 10.0 Å². The number of amides is 1. The van der Waals surface area contributed by atoms with Crippen LogP contribution in [0.4, 0.5) is 0 Å². The highest BCUT2D eigenvalue weighted by Gasteiger charge is 2.12. The Morgan fingerprint density at radius 2 is 2.13 bits per heavy atom. The number of nitrogens with zero attached hydrogens (tertiary/aromatic N) is 2. The molecule has 0 saturated heterocycles. The Morgan fingerprint density at radius 3 is 2.78 bits per heavy atom. The lowest BCUT2D eigenvalue weighted by atomic mass is 10.2. The lowest BCUT2D eigenvalue weighted by Gasteiger charge is -2.03. The summed E-state index contributed by atoms with van der Waals surface area (Å²) in [5.74, 6) is -0.150. The summed E-state index contributed by atoms with van der Waals surface area (Å²) >= 11 is 1.68. The van der Waals surface area contributed by atoms with Gasteiger partial charge < -0.3 is 4.42 Å². The molecule has 0 saturated carbocycles. The van der Waals surface area contributed by atoms with E-state index in [1.165, 1.54) is 0 Å². The molecule has 0 aliphatic carbocycles. The van der Waals surface area contributed by atoms with Crippen molar-refractivity contribution in [2.24, 2.45) is 0 Å². The molecule has 118 valence electrons. The maximum absolute atomic E-state index is 11.4. The summed E-state index contributed by atoms with van der Waals surface area (Å²) in [4.78, 5) is 20.2. The predicted octanol–water partition coefficient (Wildman–Crippen LogP) is 3.51. The SMILES string of the molecule is CC(C)Sc1ccc(-c2nc3cc(C(=O)NO)ccc3o2)cn1. The average Bonchev–Trinajstić information content (AvgIpc) is 2.97. The van der Waals surface area contributed by atoms with Gasteiger partial charge >= 0.3 is 0 Å². The number of nitrogens with one attached hydrogen (secondary N) is 1. The van der Waals surface area contributed by atoms with Crippen molar-refractivity contribution in [1.82, 2.24) is 15.4 Å². The number of hydrogen-bond donors (Lipinski definition) is 2. The molecule has 2 aromatic heterocycles. The van der Waals surface area contributed by atoms with Crippen molar-refractivity contribution in [2.45, 2.75) is 24.1 Å². The molecule has 6 nitrogen and oxygen atoms in total. The quantitative estimate of drug-likeness (QED) is 0.432. The fourth-order valence-electron chi connectivity index (χ4n) is 2.07. The molecule has 0 bridgehead atoms. The number of thioether (sulfide) groups is 1. The molecule has 2 N–H and O–H groups in total. The first kappa shape index (κ1) is 15.5. The smallest absolute Gasteiger partial charge is 0.274 e. The number of pyridine rings is 1. The van der Waals surface area contributed by atoms with E-state index in [1.807, 2.05) is 12.1 Å². The number of aromatic nitrogens is 2. The first-order chi connectivity index (χ1) is 11.1. The van der Waals surface area contributed by atoms with Crippen LogP contribution in [0.25, 0.3) is 22.6 Å². The van der Waals surface area contributed by atoms with E-state index in [0.29, 0.717) is 27.8 Å². The van der Waals surface area contributed by atoms with Gasteiger partial charge in [0.15, 0.2) is 5.58 Å². The molecule has 0 unspecified atom stereocenters. The molecule has 0 atom stereocenters. The predicted molar refractivity (Wildman–Crippen MR) is 87.5 cm³/mol. The van der Waals surface area contributed by atoms with Gasteiger partial charge in [0.25, 0.3) is 5.91 Å². The first-order valence-electron chi connectivity index (χ1n) is 7.05. The van der Waals surface area contributed by atoms with Crippen molar-refractivity contribution in [3.05, 3.63) is 42.1 Å². The number of rotatable bonds is 4. The molecule has 0 fully saturated rings. The monoisotopic (exact) mass is 329 g/mol. The number of hydroxylamine groups is 1. The van der Waals surface area contributed by atoms with E-state index < -0.39 is 5.91 Å². The van der Waals surface area contributed by atoms with Crippen molar-refractivity contribution < 1.29 is 14.4 Å². The second kappa shape index (κ2) is 6.39. The summed E-state index contributed by atoms with van der Waals surface area (Å²) in [6.45, 7) is 4.22. The minimum atomic E-state index is -0.590. The Labute approximate surface area is 136 Å². The highest BCUT2D eigenvalue weighted by molar-refractivity contribution is 7.99. The fourth-order valence-corrected chi connectivity index (χ4v) is 2.82. The molecule has 3 aromatic rings. The molecule has 1 amide bonds. The number of carbonyl (C=O) groups excluding carboxylic acids is 1. The third-order valence-electron chi connectivity index (χ3n) is 3.09. The van der Waals surface area contributed by atoms with Crippen LogP contribution in [0.15, 0.2) is 46.0 Å². The van der Waals surface area contributed by atoms with E-state index in [4.69, 9.17) is 9.62 Å². The molecule has 0 aliphatic heterocycles. The van der Waals surface area contributed by atoms with Crippen LogP contribution in [0.3, 0.4) is 0 Å².